The first kappa shape index (κ1) is 95.8. The van der Waals surface area contributed by atoms with Gasteiger partial charge in [-0.05, 0) is 110 Å². The fourth-order valence-corrected chi connectivity index (χ4v) is 8.60. The van der Waals surface area contributed by atoms with E-state index in [-0.39, 0.29) is 46.9 Å². The number of hydrogen-bond acceptors (Lipinski definition) is 24. The molecular formula is C71H77F8N5O23S. The van der Waals surface area contributed by atoms with Crippen molar-refractivity contribution in [3.8, 4) is 5.75 Å². The van der Waals surface area contributed by atoms with Crippen LogP contribution in [-0.4, -0.2) is 113 Å². The average Bonchev–Trinajstić information content (AvgIpc) is 0.771. The average molecular weight is 1550 g/mol. The molecule has 0 spiro atoms. The number of non-ortho nitro benzene ring substituents is 4. The van der Waals surface area contributed by atoms with E-state index in [1.54, 1.807) is 39.0 Å². The molecule has 0 aromatic heterocycles. The highest BCUT2D eigenvalue weighted by Crippen LogP contribution is 2.33. The van der Waals surface area contributed by atoms with Crippen molar-refractivity contribution in [1.82, 2.24) is 0 Å². The number of nitro groups is 4. The fraction of sp³-hybridized carbons (Fsp3) is 0.310. The molecule has 28 nitrogen and oxygen atoms in total. The summed E-state index contributed by atoms with van der Waals surface area (Å²) in [5, 5.41) is 58.9. The second kappa shape index (κ2) is 46.6. The summed E-state index contributed by atoms with van der Waals surface area (Å²) in [5.74, 6) is -15.5. The van der Waals surface area contributed by atoms with E-state index >= 15 is 0 Å². The lowest BCUT2D eigenvalue weighted by atomic mass is 9.82. The number of hydrogen-bond donors (Lipinski definition) is 4. The van der Waals surface area contributed by atoms with Crippen LogP contribution >= 0.6 is 12.6 Å². The Labute approximate surface area is 617 Å². The zero-order valence-corrected chi connectivity index (χ0v) is 61.1. The molecule has 0 heterocycles. The number of methoxy groups -OCH3 is 4. The van der Waals surface area contributed by atoms with Crippen molar-refractivity contribution in [2.75, 3.05) is 47.4 Å². The highest BCUT2D eigenvalue weighted by atomic mass is 32.1. The zero-order valence-electron chi connectivity index (χ0n) is 60.2. The van der Waals surface area contributed by atoms with Gasteiger partial charge in [-0.2, -0.15) is 0 Å². The van der Waals surface area contributed by atoms with E-state index in [4.69, 9.17) is 25.4 Å². The van der Waals surface area contributed by atoms with Crippen molar-refractivity contribution >= 4 is 82.9 Å². The number of esters is 6. The van der Waals surface area contributed by atoms with Gasteiger partial charge in [-0.25, -0.2) is 35.1 Å². The maximum Gasteiger partial charge on any atom is 0.327 e. The highest BCUT2D eigenvalue weighted by molar-refractivity contribution is 7.80. The van der Waals surface area contributed by atoms with Crippen LogP contribution in [0.4, 0.5) is 63.6 Å². The van der Waals surface area contributed by atoms with E-state index in [1.165, 1.54) is 92.5 Å². The number of carboxylic acid groups (broad SMARTS) is 1. The van der Waals surface area contributed by atoms with E-state index < -0.39 is 160 Å². The number of nitro benzene ring substituents is 4. The molecule has 0 saturated carbocycles. The molecule has 108 heavy (non-hydrogen) atoms. The summed E-state index contributed by atoms with van der Waals surface area (Å²) in [6.45, 7) is 15.7. The van der Waals surface area contributed by atoms with E-state index in [1.807, 2.05) is 13.8 Å². The standard InChI is InChI=1S/C14H16FNO6.C10H10FNO4.C10H12FNO2.C10H11FO3.C10H11FO2S.C9H8FNO4.C6H3F2NO2.C2H6/c1-4-21-12(17)14(3,13(18)22-5-2)10-7-6-9(16(19)20)8-11(10)15;1-6(10(13)16-2)8-4-3-7(12(14)15)5-9(8)11;2*1-6(10(13)14-2)8-4-3-7(12)5-9(8)11;1-6(10(12)13-2)8-4-3-7(14)5-9(8)11;1-5(9(12)13)7-3-2-6(11(14)15)4-8(7)10;7-5-2-1-4(9(10)11)3-6(5)8;1-2/h6-8H,4-5H2,1-3H3;3-6H,1-2H3;3-6H,12H2,1-2H3;3-6,12H,1-2H3;3-6,14H,1-2H3;2-5H,1H3,(H,12,13);1-3H;1-2H3. The van der Waals surface area contributed by atoms with Crippen molar-refractivity contribution in [2.24, 2.45) is 0 Å². The number of halogens is 8. The molecule has 5 atom stereocenters. The van der Waals surface area contributed by atoms with Crippen molar-refractivity contribution in [3.63, 3.8) is 0 Å². The third kappa shape index (κ3) is 29.0. The number of nitrogen functional groups attached to an aromatic ring is 1. The fourth-order valence-electron chi connectivity index (χ4n) is 8.41. The first-order chi connectivity index (χ1) is 50.5. The summed E-state index contributed by atoms with van der Waals surface area (Å²) >= 11 is 3.99. The number of ether oxygens (including phenoxy) is 6. The Bertz CT molecular complexity index is 4130. The summed E-state index contributed by atoms with van der Waals surface area (Å²) in [4.78, 5) is 118. The number of nitrogens with zero attached hydrogens (tertiary/aromatic N) is 4. The van der Waals surface area contributed by atoms with Gasteiger partial charge in [0, 0.05) is 74.3 Å². The van der Waals surface area contributed by atoms with Crippen molar-refractivity contribution in [1.29, 1.82) is 0 Å². The zero-order chi connectivity index (χ0) is 83.4. The van der Waals surface area contributed by atoms with Crippen molar-refractivity contribution in [3.05, 3.63) is 248 Å². The van der Waals surface area contributed by atoms with Crippen LogP contribution in [0.15, 0.2) is 132 Å². The third-order valence-electron chi connectivity index (χ3n) is 14.5. The number of phenols is 1. The Kier molecular flexibility index (Phi) is 41.4. The second-order valence-electron chi connectivity index (χ2n) is 21.5. The SMILES string of the molecule is CC.CC(C(=O)O)c1ccc([N+](=O)[O-])cc1F.CCOC(=O)C(C)(C(=O)OCC)c1ccc([N+](=O)[O-])cc1F.COC(=O)C(C)c1ccc(N)cc1F.COC(=O)C(C)c1ccc(O)cc1F.COC(=O)C(C)c1ccc(S)cc1F.COC(=O)C(C)c1ccc([N+](=O)[O-])cc1F.O=[N+]([O-])c1ccc(F)c(F)c1. The minimum atomic E-state index is -2.04. The molecule has 0 saturated heterocycles. The molecule has 7 aromatic rings. The van der Waals surface area contributed by atoms with Gasteiger partial charge >= 0.3 is 41.8 Å². The van der Waals surface area contributed by atoms with Gasteiger partial charge in [0.25, 0.3) is 22.7 Å². The Hall–Kier alpha value is -12.2. The van der Waals surface area contributed by atoms with E-state index in [2.05, 4.69) is 31.6 Å². The molecule has 0 aliphatic heterocycles. The molecular weight excluding hydrogens is 1470 g/mol. The molecule has 0 bridgehead atoms. The molecule has 7 aromatic carbocycles. The smallest absolute Gasteiger partial charge is 0.327 e. The van der Waals surface area contributed by atoms with Crippen LogP contribution in [0.5, 0.6) is 5.75 Å². The van der Waals surface area contributed by atoms with E-state index in [9.17, 15) is 109 Å². The van der Waals surface area contributed by atoms with Gasteiger partial charge in [-0.1, -0.05) is 32.0 Å². The lowest BCUT2D eigenvalue weighted by Gasteiger charge is -2.25. The van der Waals surface area contributed by atoms with Crippen LogP contribution in [0, 0.1) is 87.0 Å². The Morgan fingerprint density at radius 3 is 1.01 bits per heavy atom. The summed E-state index contributed by atoms with van der Waals surface area (Å²) in [7, 11) is 5.00. The van der Waals surface area contributed by atoms with E-state index in [0.717, 1.165) is 61.5 Å². The Balaban J connectivity index is 0.00000124. The second-order valence-corrected chi connectivity index (χ2v) is 22.0. The summed E-state index contributed by atoms with van der Waals surface area (Å²) in [5.41, 5.74) is 2.52. The number of carbonyl (C=O) groups is 7. The molecule has 0 aliphatic rings. The monoisotopic (exact) mass is 1550 g/mol. The maximum absolute atomic E-state index is 14.2. The number of anilines is 1. The van der Waals surface area contributed by atoms with Crippen LogP contribution in [0.3, 0.4) is 0 Å². The van der Waals surface area contributed by atoms with Gasteiger partial charge in [0.15, 0.2) is 17.0 Å². The quantitative estimate of drug-likeness (QED) is 0.00854. The van der Waals surface area contributed by atoms with Crippen LogP contribution < -0.4 is 5.73 Å². The first-order valence-electron chi connectivity index (χ1n) is 31.3. The number of carbonyl (C=O) groups excluding carboxylic acids is 6. The number of rotatable bonds is 19. The number of carboxylic acids is 1. The molecule has 0 aliphatic carbocycles. The maximum atomic E-state index is 14.2. The van der Waals surface area contributed by atoms with Crippen LogP contribution in [0.2, 0.25) is 0 Å². The Morgan fingerprint density at radius 2 is 0.713 bits per heavy atom. The number of aromatic hydroxyl groups is 1. The molecule has 0 fully saturated rings. The first-order valence-corrected chi connectivity index (χ1v) is 31.7. The highest BCUT2D eigenvalue weighted by Gasteiger charge is 2.48. The number of aliphatic carboxylic acids is 1. The summed E-state index contributed by atoms with van der Waals surface area (Å²) < 4.78 is 133. The summed E-state index contributed by atoms with van der Waals surface area (Å²) in [6.07, 6.45) is 0. The number of thiol groups is 1. The normalized spacial score (nSPS) is 11.5. The van der Waals surface area contributed by atoms with Crippen LogP contribution in [0.25, 0.3) is 0 Å². The van der Waals surface area contributed by atoms with Crippen LogP contribution in [-0.2, 0) is 67.4 Å². The molecule has 586 valence electrons. The lowest BCUT2D eigenvalue weighted by molar-refractivity contribution is -0.385. The van der Waals surface area contributed by atoms with E-state index in [0.29, 0.717) is 39.9 Å². The topological polar surface area (TPSA) is 414 Å². The number of phenolic OH excluding ortho intramolecular Hbond substituents is 1. The molecule has 4 N–H and O–H groups in total. The van der Waals surface area contributed by atoms with Gasteiger partial charge in [-0.15, -0.1) is 12.6 Å². The molecule has 0 radical (unpaired) electrons. The molecule has 7 rings (SSSR count). The van der Waals surface area contributed by atoms with Gasteiger partial charge in [0.1, 0.15) is 40.7 Å². The minimum Gasteiger partial charge on any atom is -0.508 e. The van der Waals surface area contributed by atoms with Gasteiger partial charge < -0.3 is 44.4 Å². The Morgan fingerprint density at radius 1 is 0.426 bits per heavy atom. The predicted molar refractivity (Wildman–Crippen MR) is 374 cm³/mol. The van der Waals surface area contributed by atoms with Gasteiger partial charge in [0.2, 0.25) is 0 Å². The number of nitrogens with two attached hydrogens (primary N) is 1. The van der Waals surface area contributed by atoms with Gasteiger partial charge in [0.05, 0.1) is 115 Å². The molecule has 0 amide bonds. The van der Waals surface area contributed by atoms with Gasteiger partial charge in [-0.3, -0.25) is 74.0 Å². The molecule has 37 heteroatoms. The minimum absolute atomic E-state index is 0.0115. The van der Waals surface area contributed by atoms with Crippen molar-refractivity contribution in [2.45, 2.75) is 109 Å². The van der Waals surface area contributed by atoms with Crippen molar-refractivity contribution < 1.29 is 127 Å². The largest absolute Gasteiger partial charge is 0.508 e. The van der Waals surface area contributed by atoms with Crippen LogP contribution in [0.1, 0.15) is 132 Å². The lowest BCUT2D eigenvalue weighted by Crippen LogP contribution is -2.44. The number of benzene rings is 7. The third-order valence-corrected chi connectivity index (χ3v) is 14.8. The summed E-state index contributed by atoms with van der Waals surface area (Å²) in [6, 6.07) is 23.3. The predicted octanol–water partition coefficient (Wildman–Crippen LogP) is 14.8. The molecule has 5 unspecified atom stereocenters.